The van der Waals surface area contributed by atoms with Gasteiger partial charge in [0.05, 0.1) is 6.07 Å². The lowest BCUT2D eigenvalue weighted by Crippen LogP contribution is -2.51. The zero-order valence-corrected chi connectivity index (χ0v) is 12.3. The highest BCUT2D eigenvalue weighted by atomic mass is 19.1. The van der Waals surface area contributed by atoms with Crippen molar-refractivity contribution in [1.82, 2.24) is 4.90 Å². The Labute approximate surface area is 121 Å². The van der Waals surface area contributed by atoms with Crippen molar-refractivity contribution in [2.24, 2.45) is 11.3 Å². The maximum atomic E-state index is 14.7. The van der Waals surface area contributed by atoms with Gasteiger partial charge in [-0.25, -0.2) is 4.39 Å². The van der Waals surface area contributed by atoms with Crippen molar-refractivity contribution in [3.63, 3.8) is 0 Å². The predicted octanol–water partition coefficient (Wildman–Crippen LogP) is 3.79. The molecule has 0 amide bonds. The summed E-state index contributed by atoms with van der Waals surface area (Å²) in [5.41, 5.74) is 0.763. The fourth-order valence-electron chi connectivity index (χ4n) is 3.21. The number of likely N-dealkylation sites (tertiary alicyclic amines) is 1. The maximum Gasteiger partial charge on any atom is 0.120 e. The number of hydrogen-bond acceptors (Lipinski definition) is 2. The third kappa shape index (κ3) is 3.02. The normalized spacial score (nSPS) is 27.4. The zero-order valence-electron chi connectivity index (χ0n) is 12.3. The summed E-state index contributed by atoms with van der Waals surface area (Å²) in [5, 5.41) is 9.02. The molecule has 0 radical (unpaired) electrons. The van der Waals surface area contributed by atoms with Crippen LogP contribution in [0.2, 0.25) is 0 Å². The molecule has 0 N–H and O–H groups in total. The molecule has 0 saturated carbocycles. The van der Waals surface area contributed by atoms with Crippen LogP contribution in [0, 0.1) is 22.7 Å². The lowest BCUT2D eigenvalue weighted by atomic mass is 9.67. The highest BCUT2D eigenvalue weighted by Crippen LogP contribution is 2.43. The van der Waals surface area contributed by atoms with Crippen LogP contribution in [0.1, 0.15) is 32.3 Å². The molecule has 1 aliphatic rings. The summed E-state index contributed by atoms with van der Waals surface area (Å²) < 4.78 is 14.7. The molecule has 0 aliphatic carbocycles. The van der Waals surface area contributed by atoms with Gasteiger partial charge >= 0.3 is 0 Å². The average molecular weight is 274 g/mol. The van der Waals surface area contributed by atoms with Crippen molar-refractivity contribution < 1.29 is 4.39 Å². The van der Waals surface area contributed by atoms with Crippen molar-refractivity contribution >= 4 is 0 Å². The molecule has 1 fully saturated rings. The summed E-state index contributed by atoms with van der Waals surface area (Å²) in [6.45, 7) is 6.18. The monoisotopic (exact) mass is 274 g/mol. The number of hydrogen-bond donors (Lipinski definition) is 0. The fraction of sp³-hybridized carbons (Fsp3) is 0.588. The van der Waals surface area contributed by atoms with E-state index in [4.69, 9.17) is 5.26 Å². The van der Waals surface area contributed by atoms with Crippen LogP contribution in [0.4, 0.5) is 4.39 Å². The summed E-state index contributed by atoms with van der Waals surface area (Å²) in [6.07, 6.45) is 0.177. The standard InChI is InChI=1S/C17H23FN2/c1-14(2)17(8-10-19)9-11-20(13-16(17)18)12-15-6-4-3-5-7-15/h3-7,14,16H,8-9,11-13H2,1-2H3/t16-,17+/m0/s1. The van der Waals surface area contributed by atoms with E-state index >= 15 is 0 Å². The molecule has 1 saturated heterocycles. The second-order valence-corrected chi connectivity index (χ2v) is 6.16. The minimum atomic E-state index is -0.917. The number of alkyl halides is 1. The quantitative estimate of drug-likeness (QED) is 0.835. The van der Waals surface area contributed by atoms with Crippen LogP contribution in [0.5, 0.6) is 0 Å². The Bertz CT molecular complexity index is 466. The summed E-state index contributed by atoms with van der Waals surface area (Å²) in [7, 11) is 0. The second-order valence-electron chi connectivity index (χ2n) is 6.16. The Morgan fingerprint density at radius 3 is 2.65 bits per heavy atom. The molecule has 0 bridgehead atoms. The topological polar surface area (TPSA) is 27.0 Å². The van der Waals surface area contributed by atoms with Gasteiger partial charge in [0.2, 0.25) is 0 Å². The number of nitriles is 1. The first-order valence-electron chi connectivity index (χ1n) is 7.36. The van der Waals surface area contributed by atoms with Crippen molar-refractivity contribution in [3.05, 3.63) is 35.9 Å². The van der Waals surface area contributed by atoms with Crippen molar-refractivity contribution in [1.29, 1.82) is 5.26 Å². The Balaban J connectivity index is 2.03. The highest BCUT2D eigenvalue weighted by Gasteiger charge is 2.45. The molecular weight excluding hydrogens is 251 g/mol. The number of nitrogens with zero attached hydrogens (tertiary/aromatic N) is 2. The first-order valence-corrected chi connectivity index (χ1v) is 7.36. The number of halogens is 1. The molecule has 0 aromatic heterocycles. The molecule has 2 rings (SSSR count). The minimum Gasteiger partial charge on any atom is -0.296 e. The number of benzene rings is 1. The van der Waals surface area contributed by atoms with Gasteiger partial charge in [0.15, 0.2) is 0 Å². The first kappa shape index (κ1) is 15.0. The van der Waals surface area contributed by atoms with Crippen LogP contribution in [-0.4, -0.2) is 24.2 Å². The second kappa shape index (κ2) is 6.37. The molecule has 1 heterocycles. The first-order chi connectivity index (χ1) is 9.58. The van der Waals surface area contributed by atoms with Crippen molar-refractivity contribution in [2.45, 2.75) is 39.4 Å². The molecule has 2 nitrogen and oxygen atoms in total. The van der Waals surface area contributed by atoms with E-state index in [-0.39, 0.29) is 5.92 Å². The summed E-state index contributed by atoms with van der Waals surface area (Å²) in [6, 6.07) is 12.4. The van der Waals surface area contributed by atoms with Gasteiger partial charge < -0.3 is 0 Å². The minimum absolute atomic E-state index is 0.205. The van der Waals surface area contributed by atoms with Crippen molar-refractivity contribution in [2.75, 3.05) is 13.1 Å². The molecule has 20 heavy (non-hydrogen) atoms. The SMILES string of the molecule is CC(C)[C@@]1(CC#N)CCN(Cc2ccccc2)C[C@@H]1F. The van der Waals surface area contributed by atoms with Gasteiger partial charge in [0.1, 0.15) is 6.17 Å². The Morgan fingerprint density at radius 1 is 1.40 bits per heavy atom. The lowest BCUT2D eigenvalue weighted by Gasteiger charge is -2.46. The molecule has 108 valence electrons. The Kier molecular flexibility index (Phi) is 4.77. The van der Waals surface area contributed by atoms with E-state index in [1.54, 1.807) is 0 Å². The molecule has 1 aromatic carbocycles. The molecular formula is C17H23FN2. The van der Waals surface area contributed by atoms with Crippen LogP contribution in [0.15, 0.2) is 30.3 Å². The molecule has 1 aliphatic heterocycles. The van der Waals surface area contributed by atoms with E-state index in [9.17, 15) is 4.39 Å². The smallest absolute Gasteiger partial charge is 0.120 e. The molecule has 2 atom stereocenters. The fourth-order valence-corrected chi connectivity index (χ4v) is 3.21. The van der Waals surface area contributed by atoms with Gasteiger partial charge in [0, 0.05) is 24.9 Å². The van der Waals surface area contributed by atoms with Gasteiger partial charge in [-0.3, -0.25) is 4.90 Å². The Hall–Kier alpha value is -1.40. The van der Waals surface area contributed by atoms with Gasteiger partial charge in [-0.15, -0.1) is 0 Å². The Morgan fingerprint density at radius 2 is 2.10 bits per heavy atom. The van der Waals surface area contributed by atoms with Crippen LogP contribution >= 0.6 is 0 Å². The zero-order chi connectivity index (χ0) is 14.6. The van der Waals surface area contributed by atoms with E-state index in [0.717, 1.165) is 19.5 Å². The largest absolute Gasteiger partial charge is 0.296 e. The van der Waals surface area contributed by atoms with Gasteiger partial charge in [-0.05, 0) is 24.4 Å². The molecule has 0 spiro atoms. The van der Waals surface area contributed by atoms with Crippen LogP contribution in [0.25, 0.3) is 0 Å². The summed E-state index contributed by atoms with van der Waals surface area (Å²) in [5.74, 6) is 0.205. The van der Waals surface area contributed by atoms with Gasteiger partial charge in [0.25, 0.3) is 0 Å². The van der Waals surface area contributed by atoms with Crippen LogP contribution in [-0.2, 0) is 6.54 Å². The van der Waals surface area contributed by atoms with Crippen LogP contribution in [0.3, 0.4) is 0 Å². The third-order valence-electron chi connectivity index (χ3n) is 4.74. The maximum absolute atomic E-state index is 14.7. The van der Waals surface area contributed by atoms with Crippen LogP contribution < -0.4 is 0 Å². The highest BCUT2D eigenvalue weighted by molar-refractivity contribution is 5.15. The average Bonchev–Trinajstić information content (AvgIpc) is 2.43. The summed E-state index contributed by atoms with van der Waals surface area (Å²) >= 11 is 0. The number of rotatable bonds is 4. The molecule has 0 unspecified atom stereocenters. The van der Waals surface area contributed by atoms with E-state index in [2.05, 4.69) is 23.1 Å². The predicted molar refractivity (Wildman–Crippen MR) is 78.7 cm³/mol. The lowest BCUT2D eigenvalue weighted by molar-refractivity contribution is -0.0253. The van der Waals surface area contributed by atoms with E-state index in [1.807, 2.05) is 32.0 Å². The van der Waals surface area contributed by atoms with E-state index in [1.165, 1.54) is 5.56 Å². The molecule has 3 heteroatoms. The van der Waals surface area contributed by atoms with E-state index in [0.29, 0.717) is 13.0 Å². The van der Waals surface area contributed by atoms with E-state index < -0.39 is 11.6 Å². The third-order valence-corrected chi connectivity index (χ3v) is 4.74. The molecule has 1 aromatic rings. The van der Waals surface area contributed by atoms with Gasteiger partial charge in [-0.1, -0.05) is 44.2 Å². The number of piperidine rings is 1. The summed E-state index contributed by atoms with van der Waals surface area (Å²) in [4.78, 5) is 2.16. The van der Waals surface area contributed by atoms with Crippen molar-refractivity contribution in [3.8, 4) is 6.07 Å². The van der Waals surface area contributed by atoms with Gasteiger partial charge in [-0.2, -0.15) is 5.26 Å².